The molecule has 0 aromatic carbocycles. The Morgan fingerprint density at radius 2 is 2.30 bits per heavy atom. The monoisotopic (exact) mass is 138 g/mol. The average Bonchev–Trinajstić information content (AvgIpc) is 2.44. The Kier molecular flexibility index (Phi) is 0.491. The second-order valence-corrected chi connectivity index (χ2v) is 2.21. The van der Waals surface area contributed by atoms with Crippen LogP contribution in [0.5, 0.6) is 17.5 Å². The lowest BCUT2D eigenvalue weighted by Crippen LogP contribution is -2.28. The number of hydrogen-bond acceptors (Lipinski definition) is 4. The maximum Gasteiger partial charge on any atom is 0.866 e. The molecule has 1 aromatic rings. The van der Waals surface area contributed by atoms with Gasteiger partial charge in [0.05, 0.1) is 0 Å². The maximum absolute atomic E-state index is 5.11. The summed E-state index contributed by atoms with van der Waals surface area (Å²) in [6.07, 6.45) is 0. The van der Waals surface area contributed by atoms with E-state index in [0.29, 0.717) is 17.5 Å². The third-order valence-corrected chi connectivity index (χ3v) is 1.55. The summed E-state index contributed by atoms with van der Waals surface area (Å²) in [5.41, 5.74) is 0. The zero-order valence-corrected chi connectivity index (χ0v) is 5.20. The van der Waals surface area contributed by atoms with Crippen LogP contribution in [0.1, 0.15) is 0 Å². The van der Waals surface area contributed by atoms with E-state index in [0.717, 1.165) is 0 Å². The summed E-state index contributed by atoms with van der Waals surface area (Å²) in [5.74, 6) is 1.83. The maximum atomic E-state index is 5.11. The molecule has 0 atom stereocenters. The Morgan fingerprint density at radius 3 is 2.90 bits per heavy atom. The zero-order valence-electron chi connectivity index (χ0n) is 5.20. The summed E-state index contributed by atoms with van der Waals surface area (Å²) in [6, 6.07) is 0. The number of hydrogen-bond donors (Lipinski definition) is 0. The van der Waals surface area contributed by atoms with Crippen LogP contribution < -0.4 is 14.0 Å². The first kappa shape index (κ1) is 4.48. The standard InChI is InChI=1S/C4H3BN2O3/c1-7-4-2-3(6-7)9-5(8-2)10-4/h1H3. The fourth-order valence-electron chi connectivity index (χ4n) is 1.12. The summed E-state index contributed by atoms with van der Waals surface area (Å²) in [6.45, 7) is 0. The second kappa shape index (κ2) is 1.09. The molecule has 0 unspecified atom stereocenters. The third kappa shape index (κ3) is 0.302. The van der Waals surface area contributed by atoms with E-state index in [9.17, 15) is 0 Å². The van der Waals surface area contributed by atoms with E-state index in [4.69, 9.17) is 14.0 Å². The fraction of sp³-hybridized carbons (Fsp3) is 0.250. The van der Waals surface area contributed by atoms with Crippen LogP contribution in [0.15, 0.2) is 0 Å². The van der Waals surface area contributed by atoms with Crippen LogP contribution >= 0.6 is 0 Å². The Hall–Kier alpha value is -1.33. The van der Waals surface area contributed by atoms with Crippen molar-refractivity contribution in [1.82, 2.24) is 9.78 Å². The summed E-state index contributed by atoms with van der Waals surface area (Å²) in [4.78, 5) is 0. The average molecular weight is 138 g/mol. The molecule has 0 radical (unpaired) electrons. The van der Waals surface area contributed by atoms with Gasteiger partial charge in [-0.2, -0.15) is 0 Å². The van der Waals surface area contributed by atoms with Crippen molar-refractivity contribution < 1.29 is 14.0 Å². The number of aromatic nitrogens is 2. The van der Waals surface area contributed by atoms with Crippen LogP contribution in [0.3, 0.4) is 0 Å². The summed E-state index contributed by atoms with van der Waals surface area (Å²) in [5, 5.41) is 3.98. The topological polar surface area (TPSA) is 45.5 Å². The summed E-state index contributed by atoms with van der Waals surface area (Å²) in [7, 11) is 1.21. The van der Waals surface area contributed by atoms with E-state index in [2.05, 4.69) is 5.10 Å². The third-order valence-electron chi connectivity index (χ3n) is 1.55. The summed E-state index contributed by atoms with van der Waals surface area (Å²) >= 11 is 0. The van der Waals surface area contributed by atoms with Gasteiger partial charge in [0, 0.05) is 7.05 Å². The van der Waals surface area contributed by atoms with E-state index in [1.54, 1.807) is 11.7 Å². The van der Waals surface area contributed by atoms with Crippen LogP contribution in [0.2, 0.25) is 0 Å². The van der Waals surface area contributed by atoms with Crippen LogP contribution in [0.25, 0.3) is 0 Å². The molecule has 3 heterocycles. The summed E-state index contributed by atoms with van der Waals surface area (Å²) < 4.78 is 16.8. The van der Waals surface area contributed by atoms with Gasteiger partial charge in [0.15, 0.2) is 0 Å². The molecule has 0 aliphatic carbocycles. The molecule has 2 aliphatic rings. The molecule has 1 aromatic heterocycles. The number of aryl methyl sites for hydroxylation is 1. The Balaban J connectivity index is 2.41. The molecular weight excluding hydrogens is 135 g/mol. The molecule has 10 heavy (non-hydrogen) atoms. The lowest BCUT2D eigenvalue weighted by atomic mass is 10.2. The predicted molar refractivity (Wildman–Crippen MR) is 30.8 cm³/mol. The number of fused-ring (bicyclic) bond motifs is 1. The van der Waals surface area contributed by atoms with Gasteiger partial charge < -0.3 is 14.0 Å². The first-order valence-electron chi connectivity index (χ1n) is 2.91. The minimum atomic E-state index is -0.575. The smallest absolute Gasteiger partial charge is 0.481 e. The Morgan fingerprint density at radius 1 is 1.40 bits per heavy atom. The highest BCUT2D eigenvalue weighted by Crippen LogP contribution is 2.46. The van der Waals surface area contributed by atoms with Crippen molar-refractivity contribution in [3.63, 3.8) is 0 Å². The molecule has 2 aliphatic heterocycles. The van der Waals surface area contributed by atoms with Crippen molar-refractivity contribution in [3.05, 3.63) is 0 Å². The first-order valence-corrected chi connectivity index (χ1v) is 2.91. The normalized spacial score (nSPS) is 16.7. The molecule has 0 saturated carbocycles. The van der Waals surface area contributed by atoms with Gasteiger partial charge >= 0.3 is 7.32 Å². The molecule has 0 fully saturated rings. The Labute approximate surface area is 56.7 Å². The van der Waals surface area contributed by atoms with Gasteiger partial charge in [0.25, 0.3) is 5.88 Å². The van der Waals surface area contributed by atoms with Crippen molar-refractivity contribution >= 4 is 7.32 Å². The first-order chi connectivity index (χ1) is 4.84. The molecule has 0 saturated heterocycles. The number of rotatable bonds is 0. The highest BCUT2D eigenvalue weighted by Gasteiger charge is 2.50. The molecule has 0 N–H and O–H groups in total. The van der Waals surface area contributed by atoms with Crippen molar-refractivity contribution in [1.29, 1.82) is 0 Å². The van der Waals surface area contributed by atoms with E-state index in [1.165, 1.54) is 0 Å². The molecule has 5 nitrogen and oxygen atoms in total. The van der Waals surface area contributed by atoms with Gasteiger partial charge in [-0.25, -0.2) is 4.68 Å². The van der Waals surface area contributed by atoms with Gasteiger partial charge in [-0.15, -0.1) is 5.10 Å². The molecule has 0 amide bonds. The van der Waals surface area contributed by atoms with E-state index >= 15 is 0 Å². The molecule has 3 rings (SSSR count). The van der Waals surface area contributed by atoms with Crippen molar-refractivity contribution in [2.45, 2.75) is 0 Å². The Bertz CT molecular complexity index is 308. The largest absolute Gasteiger partial charge is 0.866 e. The van der Waals surface area contributed by atoms with Gasteiger partial charge in [0.1, 0.15) is 0 Å². The molecular formula is C4H3BN2O3. The molecule has 0 spiro atoms. The highest BCUT2D eigenvalue weighted by molar-refractivity contribution is 6.42. The van der Waals surface area contributed by atoms with Gasteiger partial charge in [0.2, 0.25) is 11.6 Å². The van der Waals surface area contributed by atoms with Crippen LogP contribution in [-0.4, -0.2) is 17.1 Å². The van der Waals surface area contributed by atoms with Gasteiger partial charge in [-0.1, -0.05) is 0 Å². The lowest BCUT2D eigenvalue weighted by molar-refractivity contribution is 0.381. The quantitative estimate of drug-likeness (QED) is 0.456. The second-order valence-electron chi connectivity index (χ2n) is 2.21. The lowest BCUT2D eigenvalue weighted by Gasteiger charge is -1.97. The molecule has 2 bridgehead atoms. The van der Waals surface area contributed by atoms with Crippen molar-refractivity contribution in [2.75, 3.05) is 0 Å². The van der Waals surface area contributed by atoms with Gasteiger partial charge in [-0.3, -0.25) is 0 Å². The van der Waals surface area contributed by atoms with E-state index in [-0.39, 0.29) is 0 Å². The van der Waals surface area contributed by atoms with Crippen molar-refractivity contribution in [3.8, 4) is 17.5 Å². The SMILES string of the molecule is Cn1nc2c3c1OB(O2)O3. The highest BCUT2D eigenvalue weighted by atomic mass is 16.8. The molecule has 6 heteroatoms. The van der Waals surface area contributed by atoms with Crippen LogP contribution in [0.4, 0.5) is 0 Å². The van der Waals surface area contributed by atoms with Gasteiger partial charge in [-0.05, 0) is 0 Å². The van der Waals surface area contributed by atoms with Crippen LogP contribution in [-0.2, 0) is 7.05 Å². The number of nitrogens with zero attached hydrogens (tertiary/aromatic N) is 2. The van der Waals surface area contributed by atoms with Crippen LogP contribution in [0, 0.1) is 0 Å². The zero-order chi connectivity index (χ0) is 6.72. The van der Waals surface area contributed by atoms with E-state index in [1.807, 2.05) is 0 Å². The molecule has 50 valence electrons. The van der Waals surface area contributed by atoms with Crippen molar-refractivity contribution in [2.24, 2.45) is 7.05 Å². The fourth-order valence-corrected chi connectivity index (χ4v) is 1.12. The van der Waals surface area contributed by atoms with E-state index < -0.39 is 7.32 Å². The predicted octanol–water partition coefficient (Wildman–Crippen LogP) is -0.431. The minimum absolute atomic E-state index is 0.536. The minimum Gasteiger partial charge on any atom is -0.481 e.